The van der Waals surface area contributed by atoms with Gasteiger partial charge < -0.3 is 10.0 Å². The van der Waals surface area contributed by atoms with Crippen LogP contribution in [0.1, 0.15) is 122 Å². The second-order valence-corrected chi connectivity index (χ2v) is 9.17. The first kappa shape index (κ1) is 27.5. The number of carboxylic acid groups (broad SMARTS) is 1. The first-order chi connectivity index (χ1) is 15.2. The van der Waals surface area contributed by atoms with Gasteiger partial charge in [0.1, 0.15) is 0 Å². The summed E-state index contributed by atoms with van der Waals surface area (Å²) in [4.78, 5) is 13.5. The molecule has 0 aliphatic rings. The third-order valence-corrected chi connectivity index (χ3v) is 6.22. The maximum absolute atomic E-state index is 10.9. The molecule has 0 fully saturated rings. The quantitative estimate of drug-likeness (QED) is 0.199. The number of nitrogens with zero attached hydrogens (tertiary/aromatic N) is 1. The van der Waals surface area contributed by atoms with E-state index in [2.05, 4.69) is 30.9 Å². The van der Waals surface area contributed by atoms with E-state index >= 15 is 0 Å². The molecule has 0 aliphatic carbocycles. The number of aliphatic carboxylic acids is 1. The van der Waals surface area contributed by atoms with Gasteiger partial charge in [-0.3, -0.25) is 4.79 Å². The van der Waals surface area contributed by atoms with Crippen molar-refractivity contribution >= 4 is 11.7 Å². The summed E-state index contributed by atoms with van der Waals surface area (Å²) in [5.41, 5.74) is 2.13. The highest BCUT2D eigenvalue weighted by atomic mass is 16.4. The molecule has 0 aliphatic heterocycles. The van der Waals surface area contributed by atoms with Gasteiger partial charge in [0.05, 0.1) is 6.42 Å². The summed E-state index contributed by atoms with van der Waals surface area (Å²) >= 11 is 0. The zero-order chi connectivity index (χ0) is 22.6. The van der Waals surface area contributed by atoms with Crippen molar-refractivity contribution in [1.82, 2.24) is 0 Å². The van der Waals surface area contributed by atoms with Crippen LogP contribution in [0.3, 0.4) is 0 Å². The van der Waals surface area contributed by atoms with Crippen molar-refractivity contribution in [3.05, 3.63) is 29.8 Å². The fourth-order valence-electron chi connectivity index (χ4n) is 4.24. The Morgan fingerprint density at radius 1 is 0.645 bits per heavy atom. The molecule has 1 rings (SSSR count). The molecule has 1 aromatic rings. The van der Waals surface area contributed by atoms with Crippen LogP contribution in [-0.2, 0) is 11.2 Å². The minimum atomic E-state index is -0.762. The number of hydrogen-bond acceptors (Lipinski definition) is 2. The summed E-state index contributed by atoms with van der Waals surface area (Å²) in [6.45, 7) is 6.78. The largest absolute Gasteiger partial charge is 0.481 e. The van der Waals surface area contributed by atoms with Crippen molar-refractivity contribution in [2.24, 2.45) is 0 Å². The van der Waals surface area contributed by atoms with Crippen LogP contribution in [-0.4, -0.2) is 24.2 Å². The second-order valence-electron chi connectivity index (χ2n) is 9.17. The summed E-state index contributed by atoms with van der Waals surface area (Å²) in [6, 6.07) is 8.21. The van der Waals surface area contributed by atoms with Gasteiger partial charge in [-0.15, -0.1) is 0 Å². The average Bonchev–Trinajstić information content (AvgIpc) is 2.76. The molecule has 1 aromatic carbocycles. The molecule has 1 N–H and O–H groups in total. The molecule has 31 heavy (non-hydrogen) atoms. The number of benzene rings is 1. The van der Waals surface area contributed by atoms with Gasteiger partial charge in [0, 0.05) is 18.8 Å². The number of anilines is 1. The highest BCUT2D eigenvalue weighted by Crippen LogP contribution is 2.19. The molecule has 0 amide bonds. The van der Waals surface area contributed by atoms with Crippen molar-refractivity contribution in [2.45, 2.75) is 123 Å². The maximum Gasteiger partial charge on any atom is 0.307 e. The Labute approximate surface area is 192 Å². The Kier molecular flexibility index (Phi) is 17.0. The number of carbonyl (C=O) groups is 1. The number of hydrogen-bond donors (Lipinski definition) is 1. The lowest BCUT2D eigenvalue weighted by atomic mass is 10.1. The first-order valence-corrected chi connectivity index (χ1v) is 13.2. The van der Waals surface area contributed by atoms with Crippen molar-refractivity contribution < 1.29 is 9.90 Å². The van der Waals surface area contributed by atoms with Crippen LogP contribution in [0.4, 0.5) is 5.69 Å². The van der Waals surface area contributed by atoms with Gasteiger partial charge in [-0.2, -0.15) is 0 Å². The molecule has 0 unspecified atom stereocenters. The Balaban J connectivity index is 2.39. The van der Waals surface area contributed by atoms with Gasteiger partial charge in [0.25, 0.3) is 0 Å². The molecule has 0 heterocycles. The molecular formula is C28H49NO2. The van der Waals surface area contributed by atoms with Crippen LogP contribution in [0.5, 0.6) is 0 Å². The van der Waals surface area contributed by atoms with Gasteiger partial charge in [0.2, 0.25) is 0 Å². The minimum Gasteiger partial charge on any atom is -0.481 e. The normalized spacial score (nSPS) is 11.0. The van der Waals surface area contributed by atoms with E-state index in [9.17, 15) is 4.79 Å². The molecule has 0 saturated heterocycles. The molecule has 0 atom stereocenters. The van der Waals surface area contributed by atoms with Crippen LogP contribution in [0.25, 0.3) is 0 Å². The van der Waals surface area contributed by atoms with Gasteiger partial charge in [-0.1, -0.05) is 116 Å². The van der Waals surface area contributed by atoms with E-state index in [1.54, 1.807) is 0 Å². The van der Waals surface area contributed by atoms with Crippen LogP contribution in [0.15, 0.2) is 24.3 Å². The maximum atomic E-state index is 10.9. The SMILES string of the molecule is CCCCCCCCCCN(CCCCCCCCCC)c1ccc(CC(=O)O)cc1. The highest BCUT2D eigenvalue weighted by Gasteiger charge is 2.08. The van der Waals surface area contributed by atoms with E-state index < -0.39 is 5.97 Å². The van der Waals surface area contributed by atoms with Crippen molar-refractivity contribution in [2.75, 3.05) is 18.0 Å². The smallest absolute Gasteiger partial charge is 0.307 e. The van der Waals surface area contributed by atoms with E-state index in [0.717, 1.165) is 18.7 Å². The summed E-state index contributed by atoms with van der Waals surface area (Å²) < 4.78 is 0. The Hall–Kier alpha value is -1.51. The number of carboxylic acids is 1. The predicted molar refractivity (Wildman–Crippen MR) is 135 cm³/mol. The Morgan fingerprint density at radius 2 is 1.03 bits per heavy atom. The zero-order valence-corrected chi connectivity index (χ0v) is 20.5. The topological polar surface area (TPSA) is 40.5 Å². The summed E-state index contributed by atoms with van der Waals surface area (Å²) in [5, 5.41) is 9.00. The molecular weight excluding hydrogens is 382 g/mol. The third-order valence-electron chi connectivity index (χ3n) is 6.22. The molecule has 3 nitrogen and oxygen atoms in total. The molecule has 0 aromatic heterocycles. The lowest BCUT2D eigenvalue weighted by Crippen LogP contribution is -2.25. The molecule has 0 radical (unpaired) electrons. The summed E-state index contributed by atoms with van der Waals surface area (Å²) in [7, 11) is 0. The molecule has 3 heteroatoms. The lowest BCUT2D eigenvalue weighted by Gasteiger charge is -2.25. The predicted octanol–water partition coefficient (Wildman–Crippen LogP) is 8.40. The second kappa shape index (κ2) is 19.2. The van der Waals surface area contributed by atoms with Crippen LogP contribution >= 0.6 is 0 Å². The molecule has 0 bridgehead atoms. The Morgan fingerprint density at radius 3 is 1.42 bits per heavy atom. The van der Waals surface area contributed by atoms with Crippen LogP contribution in [0.2, 0.25) is 0 Å². The van der Waals surface area contributed by atoms with Crippen molar-refractivity contribution in [3.8, 4) is 0 Å². The van der Waals surface area contributed by atoms with E-state index in [4.69, 9.17) is 5.11 Å². The molecule has 0 saturated carbocycles. The van der Waals surface area contributed by atoms with Gasteiger partial charge >= 0.3 is 5.97 Å². The minimum absolute atomic E-state index is 0.107. The third kappa shape index (κ3) is 15.0. The number of unbranched alkanes of at least 4 members (excludes halogenated alkanes) is 14. The average molecular weight is 432 g/mol. The molecule has 0 spiro atoms. The Bertz CT molecular complexity index is 520. The fraction of sp³-hybridized carbons (Fsp3) is 0.750. The summed E-state index contributed by atoms with van der Waals surface area (Å²) in [6.07, 6.45) is 21.7. The fourth-order valence-corrected chi connectivity index (χ4v) is 4.24. The van der Waals surface area contributed by atoms with E-state index in [1.165, 1.54) is 108 Å². The zero-order valence-electron chi connectivity index (χ0n) is 20.5. The highest BCUT2D eigenvalue weighted by molar-refractivity contribution is 5.70. The number of rotatable bonds is 21. The summed E-state index contributed by atoms with van der Waals surface area (Å²) in [5.74, 6) is -0.762. The standard InChI is InChI=1S/C28H49NO2/c1-3-5-7-9-11-13-15-17-23-29(24-18-16-14-12-10-8-6-4-2)27-21-19-26(20-22-27)25-28(30)31/h19-22H,3-18,23-25H2,1-2H3,(H,30,31). The monoisotopic (exact) mass is 431 g/mol. The van der Waals surface area contributed by atoms with E-state index in [-0.39, 0.29) is 6.42 Å². The van der Waals surface area contributed by atoms with Crippen molar-refractivity contribution in [3.63, 3.8) is 0 Å². The molecule has 178 valence electrons. The van der Waals surface area contributed by atoms with Crippen LogP contribution in [0, 0.1) is 0 Å². The van der Waals surface area contributed by atoms with E-state index in [1.807, 2.05) is 12.1 Å². The van der Waals surface area contributed by atoms with Gasteiger partial charge in [-0.25, -0.2) is 0 Å². The lowest BCUT2D eigenvalue weighted by molar-refractivity contribution is -0.136. The van der Waals surface area contributed by atoms with Crippen LogP contribution < -0.4 is 4.90 Å². The van der Waals surface area contributed by atoms with Gasteiger partial charge in [-0.05, 0) is 30.5 Å². The van der Waals surface area contributed by atoms with Crippen molar-refractivity contribution in [1.29, 1.82) is 0 Å². The van der Waals surface area contributed by atoms with E-state index in [0.29, 0.717) is 0 Å². The van der Waals surface area contributed by atoms with Gasteiger partial charge in [0.15, 0.2) is 0 Å². The first-order valence-electron chi connectivity index (χ1n) is 13.2.